The molecule has 0 radical (unpaired) electrons. The summed E-state index contributed by atoms with van der Waals surface area (Å²) < 4.78 is 0. The number of hydrogen-bond acceptors (Lipinski definition) is 4. The molecule has 0 aliphatic heterocycles. The van der Waals surface area contributed by atoms with Gasteiger partial charge in [-0.25, -0.2) is 19.9 Å². The van der Waals surface area contributed by atoms with Gasteiger partial charge in [-0.1, -0.05) is 182 Å². The van der Waals surface area contributed by atoms with Gasteiger partial charge in [0.05, 0.1) is 33.8 Å². The molecule has 3 heterocycles. The van der Waals surface area contributed by atoms with Crippen LogP contribution in [-0.4, -0.2) is 19.9 Å². The molecule has 0 spiro atoms. The van der Waals surface area contributed by atoms with Crippen LogP contribution in [0.25, 0.3) is 100 Å². The molecule has 0 saturated carbocycles. The Hall–Kier alpha value is -7.56. The Kier molecular flexibility index (Phi) is 8.47. The lowest BCUT2D eigenvalue weighted by atomic mass is 9.96. The van der Waals surface area contributed by atoms with Crippen LogP contribution in [0.15, 0.2) is 206 Å². The maximum absolute atomic E-state index is 5.34. The molecular weight excluding hydrogens is 681 g/mol. The van der Waals surface area contributed by atoms with E-state index < -0.39 is 0 Å². The van der Waals surface area contributed by atoms with Crippen molar-refractivity contribution in [3.63, 3.8) is 0 Å². The van der Waals surface area contributed by atoms with Gasteiger partial charge in [0.1, 0.15) is 0 Å². The van der Waals surface area contributed by atoms with Crippen LogP contribution in [0, 0.1) is 0 Å². The minimum atomic E-state index is 0.703. The Balaban J connectivity index is 1.05. The fourth-order valence-electron chi connectivity index (χ4n) is 7.41. The summed E-state index contributed by atoms with van der Waals surface area (Å²) in [5.41, 5.74) is 15.1. The first-order valence-corrected chi connectivity index (χ1v) is 18.8. The first-order chi connectivity index (χ1) is 27.7. The van der Waals surface area contributed by atoms with Crippen molar-refractivity contribution in [2.45, 2.75) is 0 Å². The molecule has 7 aromatic carbocycles. The number of aromatic nitrogens is 4. The van der Waals surface area contributed by atoms with E-state index in [1.165, 1.54) is 0 Å². The summed E-state index contributed by atoms with van der Waals surface area (Å²) in [4.78, 5) is 20.6. The zero-order valence-electron chi connectivity index (χ0n) is 30.4. The molecule has 0 bridgehead atoms. The Bertz CT molecular complexity index is 2930. The zero-order valence-corrected chi connectivity index (χ0v) is 30.4. The quantitative estimate of drug-likeness (QED) is 0.154. The number of benzene rings is 7. The van der Waals surface area contributed by atoms with E-state index in [-0.39, 0.29) is 0 Å². The molecule has 0 fully saturated rings. The van der Waals surface area contributed by atoms with Gasteiger partial charge in [0.2, 0.25) is 0 Å². The Morgan fingerprint density at radius 1 is 0.250 bits per heavy atom. The summed E-state index contributed by atoms with van der Waals surface area (Å²) in [7, 11) is 0. The van der Waals surface area contributed by atoms with Crippen LogP contribution >= 0.6 is 0 Å². The van der Waals surface area contributed by atoms with E-state index in [1.54, 1.807) is 0 Å². The lowest BCUT2D eigenvalue weighted by Crippen LogP contribution is -1.96. The molecular formula is C52H34N4. The SMILES string of the molecule is c1ccc(-c2cc(-c3cccc(-c4ccc(-c5cc(-c6ccccc6)c6ccc7ccc(-c8ccccc8)nc7c6n5)cc4)c3)nc(-c3ccccc3)n2)cc1. The van der Waals surface area contributed by atoms with E-state index >= 15 is 0 Å². The van der Waals surface area contributed by atoms with Crippen LogP contribution in [0.2, 0.25) is 0 Å². The Labute approximate surface area is 325 Å². The molecule has 0 N–H and O–H groups in total. The summed E-state index contributed by atoms with van der Waals surface area (Å²) in [5.74, 6) is 0.703. The van der Waals surface area contributed by atoms with Gasteiger partial charge in [-0.2, -0.15) is 0 Å². The predicted octanol–water partition coefficient (Wildman–Crippen LogP) is 13.2. The van der Waals surface area contributed by atoms with Gasteiger partial charge in [-0.05, 0) is 46.5 Å². The maximum atomic E-state index is 5.34. The molecule has 0 amide bonds. The number of rotatable bonds is 7. The molecule has 10 rings (SSSR count). The van der Waals surface area contributed by atoms with Crippen molar-refractivity contribution in [3.05, 3.63) is 206 Å². The minimum Gasteiger partial charge on any atom is -0.245 e. The lowest BCUT2D eigenvalue weighted by Gasteiger charge is -2.13. The molecule has 0 atom stereocenters. The van der Waals surface area contributed by atoms with Crippen LogP contribution in [-0.2, 0) is 0 Å². The van der Waals surface area contributed by atoms with Crippen LogP contribution in [0.3, 0.4) is 0 Å². The molecule has 0 unspecified atom stereocenters. The summed E-state index contributed by atoms with van der Waals surface area (Å²) in [6.07, 6.45) is 0. The molecule has 0 saturated heterocycles. The third-order valence-electron chi connectivity index (χ3n) is 10.3. The van der Waals surface area contributed by atoms with Gasteiger partial charge in [-0.15, -0.1) is 0 Å². The van der Waals surface area contributed by atoms with Crippen molar-refractivity contribution < 1.29 is 0 Å². The third kappa shape index (κ3) is 6.40. The van der Waals surface area contributed by atoms with E-state index in [0.717, 1.165) is 94.7 Å². The summed E-state index contributed by atoms with van der Waals surface area (Å²) in [6, 6.07) is 71.5. The van der Waals surface area contributed by atoms with Gasteiger partial charge >= 0.3 is 0 Å². The highest BCUT2D eigenvalue weighted by Gasteiger charge is 2.15. The fourth-order valence-corrected chi connectivity index (χ4v) is 7.41. The molecule has 262 valence electrons. The summed E-state index contributed by atoms with van der Waals surface area (Å²) >= 11 is 0. The van der Waals surface area contributed by atoms with Gasteiger partial charge in [0.15, 0.2) is 5.82 Å². The van der Waals surface area contributed by atoms with E-state index in [2.05, 4.69) is 152 Å². The van der Waals surface area contributed by atoms with Gasteiger partial charge in [-0.3, -0.25) is 0 Å². The Morgan fingerprint density at radius 3 is 1.41 bits per heavy atom. The average molecular weight is 715 g/mol. The average Bonchev–Trinajstić information content (AvgIpc) is 3.29. The molecule has 4 heteroatoms. The van der Waals surface area contributed by atoms with Gasteiger partial charge < -0.3 is 0 Å². The molecule has 3 aromatic heterocycles. The topological polar surface area (TPSA) is 51.6 Å². The number of hydrogen-bond donors (Lipinski definition) is 0. The third-order valence-corrected chi connectivity index (χ3v) is 10.3. The summed E-state index contributed by atoms with van der Waals surface area (Å²) in [5, 5.41) is 2.14. The minimum absolute atomic E-state index is 0.703. The van der Waals surface area contributed by atoms with Gasteiger partial charge in [0, 0.05) is 38.6 Å². The monoisotopic (exact) mass is 714 g/mol. The maximum Gasteiger partial charge on any atom is 0.160 e. The van der Waals surface area contributed by atoms with E-state index in [9.17, 15) is 0 Å². The molecule has 0 aliphatic carbocycles. The van der Waals surface area contributed by atoms with E-state index in [0.29, 0.717) is 5.82 Å². The lowest BCUT2D eigenvalue weighted by molar-refractivity contribution is 1.18. The number of fused-ring (bicyclic) bond motifs is 3. The normalized spacial score (nSPS) is 11.2. The van der Waals surface area contributed by atoms with Crippen molar-refractivity contribution in [1.82, 2.24) is 19.9 Å². The second-order valence-electron chi connectivity index (χ2n) is 13.9. The van der Waals surface area contributed by atoms with Crippen molar-refractivity contribution in [3.8, 4) is 78.7 Å². The highest BCUT2D eigenvalue weighted by molar-refractivity contribution is 6.09. The van der Waals surface area contributed by atoms with Crippen molar-refractivity contribution in [2.24, 2.45) is 0 Å². The van der Waals surface area contributed by atoms with Crippen molar-refractivity contribution in [1.29, 1.82) is 0 Å². The largest absolute Gasteiger partial charge is 0.245 e. The molecule has 0 aliphatic rings. The molecule has 10 aromatic rings. The molecule has 4 nitrogen and oxygen atoms in total. The van der Waals surface area contributed by atoms with Crippen molar-refractivity contribution >= 4 is 21.8 Å². The number of pyridine rings is 2. The highest BCUT2D eigenvalue weighted by Crippen LogP contribution is 2.37. The number of nitrogens with zero attached hydrogens (tertiary/aromatic N) is 4. The Morgan fingerprint density at radius 2 is 0.732 bits per heavy atom. The smallest absolute Gasteiger partial charge is 0.160 e. The highest BCUT2D eigenvalue weighted by atomic mass is 14.9. The van der Waals surface area contributed by atoms with Crippen LogP contribution < -0.4 is 0 Å². The second-order valence-corrected chi connectivity index (χ2v) is 13.9. The second kappa shape index (κ2) is 14.3. The molecule has 56 heavy (non-hydrogen) atoms. The zero-order chi connectivity index (χ0) is 37.3. The first kappa shape index (κ1) is 33.0. The van der Waals surface area contributed by atoms with Crippen LogP contribution in [0.5, 0.6) is 0 Å². The standard InChI is InChI=1S/C52H34N4/c1-5-14-36(15-6-1)45-33-47(54-51-44(45)30-28-40-29-31-46(53-50(40)51)37-16-7-2-8-17-37)39-26-24-35(25-27-39)42-22-13-23-43(32-42)49-34-48(38-18-9-3-10-19-38)55-52(56-49)41-20-11-4-12-21-41/h1-34H. The van der Waals surface area contributed by atoms with Gasteiger partial charge in [0.25, 0.3) is 0 Å². The van der Waals surface area contributed by atoms with Crippen molar-refractivity contribution in [2.75, 3.05) is 0 Å². The van der Waals surface area contributed by atoms with E-state index in [4.69, 9.17) is 19.9 Å². The van der Waals surface area contributed by atoms with Crippen LogP contribution in [0.4, 0.5) is 0 Å². The first-order valence-electron chi connectivity index (χ1n) is 18.8. The predicted molar refractivity (Wildman–Crippen MR) is 231 cm³/mol. The van der Waals surface area contributed by atoms with E-state index in [1.807, 2.05) is 54.6 Å². The van der Waals surface area contributed by atoms with Crippen LogP contribution in [0.1, 0.15) is 0 Å². The summed E-state index contributed by atoms with van der Waals surface area (Å²) in [6.45, 7) is 0. The fraction of sp³-hybridized carbons (Fsp3) is 0.